The van der Waals surface area contributed by atoms with Gasteiger partial charge < -0.3 is 4.98 Å². The van der Waals surface area contributed by atoms with Crippen molar-refractivity contribution >= 4 is 33.2 Å². The highest BCUT2D eigenvalue weighted by Gasteiger charge is 2.11. The third kappa shape index (κ3) is 1.99. The summed E-state index contributed by atoms with van der Waals surface area (Å²) in [4.78, 5) is 21.1. The summed E-state index contributed by atoms with van der Waals surface area (Å²) in [6, 6.07) is 0. The fraction of sp³-hybridized carbons (Fsp3) is 0.455. The zero-order valence-electron chi connectivity index (χ0n) is 9.26. The molecule has 0 aliphatic carbocycles. The van der Waals surface area contributed by atoms with Crippen molar-refractivity contribution in [2.45, 2.75) is 26.7 Å². The van der Waals surface area contributed by atoms with E-state index in [1.54, 1.807) is 11.3 Å². The summed E-state index contributed by atoms with van der Waals surface area (Å²) in [5.41, 5.74) is 1.01. The average Bonchev–Trinajstić information content (AvgIpc) is 2.52. The van der Waals surface area contributed by atoms with Crippen molar-refractivity contribution in [3.63, 3.8) is 0 Å². The number of nitrogens with one attached hydrogen (secondary N) is 1. The summed E-state index contributed by atoms with van der Waals surface area (Å²) < 4.78 is 0. The van der Waals surface area contributed by atoms with E-state index >= 15 is 0 Å². The maximum atomic E-state index is 11.9. The highest BCUT2D eigenvalue weighted by atomic mass is 35.5. The monoisotopic (exact) mass is 256 g/mol. The molecule has 2 rings (SSSR count). The van der Waals surface area contributed by atoms with E-state index in [-0.39, 0.29) is 5.56 Å². The van der Waals surface area contributed by atoms with E-state index in [0.717, 1.165) is 39.3 Å². The Bertz CT molecular complexity index is 573. The second kappa shape index (κ2) is 4.55. The second-order valence-electron chi connectivity index (χ2n) is 3.77. The molecule has 0 radical (unpaired) electrons. The van der Waals surface area contributed by atoms with Gasteiger partial charge in [0.2, 0.25) is 0 Å². The quantitative estimate of drug-likeness (QED) is 0.859. The van der Waals surface area contributed by atoms with E-state index in [1.165, 1.54) is 0 Å². The van der Waals surface area contributed by atoms with Gasteiger partial charge in [0.1, 0.15) is 10.7 Å². The Labute approximate surface area is 102 Å². The first-order valence-corrected chi connectivity index (χ1v) is 6.53. The zero-order valence-corrected chi connectivity index (χ0v) is 10.8. The summed E-state index contributed by atoms with van der Waals surface area (Å²) in [6.45, 7) is 3.98. The van der Waals surface area contributed by atoms with Gasteiger partial charge >= 0.3 is 0 Å². The predicted molar refractivity (Wildman–Crippen MR) is 68.8 cm³/mol. The first-order chi connectivity index (χ1) is 7.63. The summed E-state index contributed by atoms with van der Waals surface area (Å²) in [5.74, 6) is 1.32. The number of fused-ring (bicyclic) bond motifs is 1. The molecule has 1 N–H and O–H groups in total. The number of hydrogen-bond donors (Lipinski definition) is 1. The van der Waals surface area contributed by atoms with E-state index in [0.29, 0.717) is 5.88 Å². The van der Waals surface area contributed by atoms with Crippen molar-refractivity contribution < 1.29 is 0 Å². The predicted octanol–water partition coefficient (Wildman–Crippen LogP) is 2.77. The molecule has 0 saturated carbocycles. The molecule has 0 bridgehead atoms. The Morgan fingerprint density at radius 2 is 2.19 bits per heavy atom. The number of H-pyrrole nitrogens is 1. The van der Waals surface area contributed by atoms with Crippen LogP contribution in [0.1, 0.15) is 22.7 Å². The Morgan fingerprint density at radius 3 is 2.88 bits per heavy atom. The lowest BCUT2D eigenvalue weighted by Crippen LogP contribution is -2.11. The molecule has 0 aromatic carbocycles. The first-order valence-electron chi connectivity index (χ1n) is 5.18. The van der Waals surface area contributed by atoms with Crippen LogP contribution in [-0.4, -0.2) is 15.8 Å². The number of thiophene rings is 1. The molecule has 0 atom stereocenters. The minimum absolute atomic E-state index is 0.0311. The number of aryl methyl sites for hydroxylation is 3. The summed E-state index contributed by atoms with van der Waals surface area (Å²) in [7, 11) is 0. The lowest BCUT2D eigenvalue weighted by Gasteiger charge is -1.98. The third-order valence-electron chi connectivity index (χ3n) is 2.64. The van der Waals surface area contributed by atoms with Crippen LogP contribution in [0.15, 0.2) is 4.79 Å². The van der Waals surface area contributed by atoms with Gasteiger partial charge in [-0.3, -0.25) is 4.79 Å². The molecular weight excluding hydrogens is 244 g/mol. The molecule has 0 aliphatic rings. The van der Waals surface area contributed by atoms with Crippen LogP contribution in [0.4, 0.5) is 0 Å². The molecule has 0 unspecified atom stereocenters. The molecule has 2 aromatic rings. The maximum absolute atomic E-state index is 11.9. The Kier molecular flexibility index (Phi) is 3.30. The van der Waals surface area contributed by atoms with Crippen LogP contribution in [0, 0.1) is 13.8 Å². The van der Waals surface area contributed by atoms with Crippen molar-refractivity contribution in [1.29, 1.82) is 0 Å². The topological polar surface area (TPSA) is 45.8 Å². The Hall–Kier alpha value is -0.870. The molecule has 3 nitrogen and oxygen atoms in total. The molecule has 0 aliphatic heterocycles. The molecule has 0 saturated heterocycles. The van der Waals surface area contributed by atoms with E-state index in [2.05, 4.69) is 9.97 Å². The summed E-state index contributed by atoms with van der Waals surface area (Å²) in [6.07, 6.45) is 1.56. The minimum atomic E-state index is -0.0311. The number of nitrogens with zero attached hydrogens (tertiary/aromatic N) is 1. The van der Waals surface area contributed by atoms with Gasteiger partial charge in [0.05, 0.1) is 5.39 Å². The van der Waals surface area contributed by atoms with Crippen LogP contribution < -0.4 is 5.56 Å². The third-order valence-corrected chi connectivity index (χ3v) is 4.00. The number of alkyl halides is 1. The molecule has 0 fully saturated rings. The number of rotatable bonds is 3. The van der Waals surface area contributed by atoms with E-state index in [9.17, 15) is 4.79 Å². The van der Waals surface area contributed by atoms with E-state index < -0.39 is 0 Å². The molecular formula is C11H13ClN2OS. The minimum Gasteiger partial charge on any atom is -0.310 e. The zero-order chi connectivity index (χ0) is 11.7. The molecule has 2 heterocycles. The molecule has 0 amide bonds. The van der Waals surface area contributed by atoms with Crippen LogP contribution in [0.3, 0.4) is 0 Å². The second-order valence-corrected chi connectivity index (χ2v) is 5.35. The number of aromatic nitrogens is 2. The SMILES string of the molecule is Cc1sc2nc(CCCCl)[nH]c(=O)c2c1C. The van der Waals surface area contributed by atoms with Gasteiger partial charge in [0.15, 0.2) is 0 Å². The van der Waals surface area contributed by atoms with E-state index in [1.807, 2.05) is 13.8 Å². The summed E-state index contributed by atoms with van der Waals surface area (Å²) >= 11 is 7.20. The highest BCUT2D eigenvalue weighted by Crippen LogP contribution is 2.25. The largest absolute Gasteiger partial charge is 0.310 e. The number of aromatic amines is 1. The van der Waals surface area contributed by atoms with Gasteiger partial charge in [0.25, 0.3) is 5.56 Å². The van der Waals surface area contributed by atoms with Gasteiger partial charge in [-0.1, -0.05) is 0 Å². The number of hydrogen-bond acceptors (Lipinski definition) is 3. The average molecular weight is 257 g/mol. The van der Waals surface area contributed by atoms with Gasteiger partial charge in [-0.2, -0.15) is 0 Å². The molecule has 16 heavy (non-hydrogen) atoms. The van der Waals surface area contributed by atoms with Crippen LogP contribution in [0.5, 0.6) is 0 Å². The molecule has 2 aromatic heterocycles. The first kappa shape index (κ1) is 11.6. The van der Waals surface area contributed by atoms with Crippen molar-refractivity contribution in [1.82, 2.24) is 9.97 Å². The van der Waals surface area contributed by atoms with Crippen LogP contribution in [-0.2, 0) is 6.42 Å². The fourth-order valence-corrected chi connectivity index (χ4v) is 2.83. The normalized spacial score (nSPS) is 11.2. The molecule has 0 spiro atoms. The van der Waals surface area contributed by atoms with Gasteiger partial charge in [-0.25, -0.2) is 4.98 Å². The van der Waals surface area contributed by atoms with Gasteiger partial charge in [-0.15, -0.1) is 22.9 Å². The highest BCUT2D eigenvalue weighted by molar-refractivity contribution is 7.18. The van der Waals surface area contributed by atoms with Crippen molar-refractivity contribution in [3.05, 3.63) is 26.6 Å². The lowest BCUT2D eigenvalue weighted by atomic mass is 10.2. The fourth-order valence-electron chi connectivity index (χ4n) is 1.65. The summed E-state index contributed by atoms with van der Waals surface area (Å²) in [5, 5.41) is 0.733. The number of halogens is 1. The standard InChI is InChI=1S/C11H13ClN2OS/c1-6-7(2)16-11-9(6)10(15)13-8(14-11)4-3-5-12/h3-5H2,1-2H3,(H,13,14,15). The maximum Gasteiger partial charge on any atom is 0.259 e. The van der Waals surface area contributed by atoms with Crippen LogP contribution >= 0.6 is 22.9 Å². The molecule has 5 heteroatoms. The van der Waals surface area contributed by atoms with Crippen molar-refractivity contribution in [2.75, 3.05) is 5.88 Å². The Morgan fingerprint density at radius 1 is 1.44 bits per heavy atom. The van der Waals surface area contributed by atoms with Gasteiger partial charge in [0, 0.05) is 17.2 Å². The van der Waals surface area contributed by atoms with Gasteiger partial charge in [-0.05, 0) is 25.8 Å². The van der Waals surface area contributed by atoms with E-state index in [4.69, 9.17) is 11.6 Å². The van der Waals surface area contributed by atoms with Crippen LogP contribution in [0.2, 0.25) is 0 Å². The van der Waals surface area contributed by atoms with Crippen molar-refractivity contribution in [3.8, 4) is 0 Å². The van der Waals surface area contributed by atoms with Crippen molar-refractivity contribution in [2.24, 2.45) is 0 Å². The van der Waals surface area contributed by atoms with Crippen LogP contribution in [0.25, 0.3) is 10.2 Å². The lowest BCUT2D eigenvalue weighted by molar-refractivity contribution is 0.843. The smallest absolute Gasteiger partial charge is 0.259 e. The Balaban J connectivity index is 2.55. The molecule has 86 valence electrons.